The van der Waals surface area contributed by atoms with Gasteiger partial charge in [0.15, 0.2) is 5.16 Å². The molecule has 3 heterocycles. The molecule has 0 radical (unpaired) electrons. The van der Waals surface area contributed by atoms with Crippen LogP contribution in [0.15, 0.2) is 34.2 Å². The highest BCUT2D eigenvalue weighted by molar-refractivity contribution is 7.99. The number of thioether (sulfide) groups is 1. The molecule has 5 nitrogen and oxygen atoms in total. The Kier molecular flexibility index (Phi) is 7.59. The number of hydrogen-bond donors (Lipinski definition) is 0. The van der Waals surface area contributed by atoms with Crippen molar-refractivity contribution in [2.24, 2.45) is 5.92 Å². The fourth-order valence-corrected chi connectivity index (χ4v) is 6.26. The Morgan fingerprint density at radius 1 is 1.25 bits per heavy atom. The number of nitrogens with zero attached hydrogens (tertiary/aromatic N) is 2. The van der Waals surface area contributed by atoms with Crippen LogP contribution in [0.2, 0.25) is 0 Å². The maximum atomic E-state index is 13.9. The molecule has 4 rings (SSSR count). The molecule has 3 aromatic rings. The third-order valence-corrected chi connectivity index (χ3v) is 8.14. The van der Waals surface area contributed by atoms with Crippen LogP contribution in [-0.2, 0) is 17.8 Å². The predicted octanol–water partition coefficient (Wildman–Crippen LogP) is 6.23. The van der Waals surface area contributed by atoms with E-state index in [2.05, 4.69) is 20.8 Å². The quantitative estimate of drug-likeness (QED) is 0.210. The van der Waals surface area contributed by atoms with E-state index in [0.29, 0.717) is 12.5 Å². The molecule has 1 atom stereocenters. The van der Waals surface area contributed by atoms with Gasteiger partial charge in [-0.2, -0.15) is 0 Å². The molecule has 0 fully saturated rings. The highest BCUT2D eigenvalue weighted by Gasteiger charge is 2.28. The van der Waals surface area contributed by atoms with Gasteiger partial charge in [-0.05, 0) is 42.2 Å². The predicted molar refractivity (Wildman–Crippen MR) is 134 cm³/mol. The molecule has 0 saturated carbocycles. The number of methoxy groups -OCH3 is 1. The fourth-order valence-electron chi connectivity index (χ4n) is 4.08. The normalized spacial score (nSPS) is 16.0. The Labute approximate surface area is 198 Å². The molecule has 0 aliphatic carbocycles. The summed E-state index contributed by atoms with van der Waals surface area (Å²) in [4.78, 5) is 20.9. The van der Waals surface area contributed by atoms with E-state index in [1.807, 2.05) is 24.3 Å². The van der Waals surface area contributed by atoms with Crippen LogP contribution in [-0.4, -0.2) is 28.5 Å². The number of thiophene rings is 1. The van der Waals surface area contributed by atoms with Crippen molar-refractivity contribution in [2.45, 2.75) is 70.7 Å². The van der Waals surface area contributed by atoms with Gasteiger partial charge in [-0.25, -0.2) is 4.98 Å². The molecular weight excluding hydrogens is 440 g/mol. The molecule has 7 heteroatoms. The maximum absolute atomic E-state index is 13.9. The second-order valence-electron chi connectivity index (χ2n) is 8.62. The minimum atomic E-state index is 0.0260. The summed E-state index contributed by atoms with van der Waals surface area (Å²) in [5, 5.41) is 1.54. The van der Waals surface area contributed by atoms with Gasteiger partial charge in [-0.3, -0.25) is 9.36 Å². The van der Waals surface area contributed by atoms with Gasteiger partial charge in [-0.1, -0.05) is 51.8 Å². The zero-order valence-electron chi connectivity index (χ0n) is 19.3. The summed E-state index contributed by atoms with van der Waals surface area (Å²) in [6.07, 6.45) is 5.70. The number of unbranched alkanes of at least 4 members (excludes halogenated alkanes) is 3. The molecule has 32 heavy (non-hydrogen) atoms. The molecule has 1 aliphatic rings. The highest BCUT2D eigenvalue weighted by Crippen LogP contribution is 2.36. The largest absolute Gasteiger partial charge is 0.497 e. The third kappa shape index (κ3) is 4.75. The summed E-state index contributed by atoms with van der Waals surface area (Å²) in [5.41, 5.74) is 1.99. The van der Waals surface area contributed by atoms with E-state index >= 15 is 0 Å². The van der Waals surface area contributed by atoms with Crippen molar-refractivity contribution in [3.8, 4) is 11.4 Å². The SMILES string of the molecule is CCCCCCSc1nc2sc3c(c2c(=O)n1-c1ccc(OC)cc1)C[C@H](C(C)C)OC3. The monoisotopic (exact) mass is 472 g/mol. The van der Waals surface area contributed by atoms with Crippen molar-refractivity contribution in [2.75, 3.05) is 12.9 Å². The summed E-state index contributed by atoms with van der Waals surface area (Å²) in [6.45, 7) is 7.13. The average Bonchev–Trinajstić information content (AvgIpc) is 3.17. The summed E-state index contributed by atoms with van der Waals surface area (Å²) in [7, 11) is 1.65. The van der Waals surface area contributed by atoms with Crippen molar-refractivity contribution in [1.29, 1.82) is 0 Å². The molecule has 0 unspecified atom stereocenters. The van der Waals surface area contributed by atoms with Crippen LogP contribution >= 0.6 is 23.1 Å². The zero-order chi connectivity index (χ0) is 22.7. The molecule has 0 bridgehead atoms. The van der Waals surface area contributed by atoms with Crippen molar-refractivity contribution in [1.82, 2.24) is 9.55 Å². The minimum absolute atomic E-state index is 0.0260. The van der Waals surface area contributed by atoms with Gasteiger partial charge in [0.05, 0.1) is 30.9 Å². The summed E-state index contributed by atoms with van der Waals surface area (Å²) in [6, 6.07) is 7.67. The van der Waals surface area contributed by atoms with Crippen molar-refractivity contribution < 1.29 is 9.47 Å². The lowest BCUT2D eigenvalue weighted by Crippen LogP contribution is -2.28. The van der Waals surface area contributed by atoms with Gasteiger partial charge in [0, 0.05) is 17.1 Å². The van der Waals surface area contributed by atoms with Crippen LogP contribution in [0.1, 0.15) is 56.9 Å². The van der Waals surface area contributed by atoms with Crippen molar-refractivity contribution in [3.05, 3.63) is 45.1 Å². The lowest BCUT2D eigenvalue weighted by molar-refractivity contribution is 0.00200. The van der Waals surface area contributed by atoms with E-state index in [0.717, 1.165) is 55.8 Å². The van der Waals surface area contributed by atoms with Gasteiger partial charge in [0.2, 0.25) is 0 Å². The summed E-state index contributed by atoms with van der Waals surface area (Å²) >= 11 is 3.30. The Morgan fingerprint density at radius 3 is 2.72 bits per heavy atom. The van der Waals surface area contributed by atoms with E-state index < -0.39 is 0 Å². The number of aromatic nitrogens is 2. The third-order valence-electron chi connectivity index (χ3n) is 6.01. The van der Waals surface area contributed by atoms with Gasteiger partial charge >= 0.3 is 0 Å². The lowest BCUT2D eigenvalue weighted by atomic mass is 9.96. The van der Waals surface area contributed by atoms with E-state index in [1.54, 1.807) is 34.8 Å². The Morgan fingerprint density at radius 2 is 2.03 bits per heavy atom. The first kappa shape index (κ1) is 23.3. The summed E-state index contributed by atoms with van der Waals surface area (Å²) in [5.74, 6) is 2.14. The molecule has 1 aliphatic heterocycles. The van der Waals surface area contributed by atoms with Gasteiger partial charge in [0.1, 0.15) is 10.6 Å². The lowest BCUT2D eigenvalue weighted by Gasteiger charge is -2.26. The number of rotatable bonds is 9. The van der Waals surface area contributed by atoms with E-state index in [-0.39, 0.29) is 11.7 Å². The highest BCUT2D eigenvalue weighted by atomic mass is 32.2. The van der Waals surface area contributed by atoms with Crippen LogP contribution in [0.5, 0.6) is 5.75 Å². The first-order chi connectivity index (χ1) is 15.5. The van der Waals surface area contributed by atoms with E-state index in [9.17, 15) is 4.79 Å². The Hall–Kier alpha value is -1.83. The van der Waals surface area contributed by atoms with Crippen LogP contribution in [0, 0.1) is 5.92 Å². The molecule has 0 saturated heterocycles. The molecule has 0 N–H and O–H groups in total. The van der Waals surface area contributed by atoms with Crippen LogP contribution in [0.3, 0.4) is 0 Å². The van der Waals surface area contributed by atoms with Gasteiger partial charge < -0.3 is 9.47 Å². The number of ether oxygens (including phenoxy) is 2. The van der Waals surface area contributed by atoms with Crippen LogP contribution < -0.4 is 10.3 Å². The molecule has 0 amide bonds. The smallest absolute Gasteiger partial charge is 0.267 e. The molecule has 0 spiro atoms. The topological polar surface area (TPSA) is 53.4 Å². The Balaban J connectivity index is 1.79. The standard InChI is InChI=1S/C25H32N2O3S2/c1-5-6-7-8-13-31-25-26-23-22(19-14-20(16(2)3)30-15-21(19)32-23)24(28)27(25)17-9-11-18(29-4)12-10-17/h9-12,16,20H,5-8,13-15H2,1-4H3/t20-/m1/s1. The molecule has 2 aromatic heterocycles. The molecule has 1 aromatic carbocycles. The van der Waals surface area contributed by atoms with Gasteiger partial charge in [0.25, 0.3) is 5.56 Å². The Bertz CT molecular complexity index is 1120. The molecule has 172 valence electrons. The number of benzene rings is 1. The fraction of sp³-hybridized carbons (Fsp3) is 0.520. The van der Waals surface area contributed by atoms with Crippen molar-refractivity contribution >= 4 is 33.3 Å². The average molecular weight is 473 g/mol. The van der Waals surface area contributed by atoms with Gasteiger partial charge in [-0.15, -0.1) is 11.3 Å². The zero-order valence-corrected chi connectivity index (χ0v) is 21.0. The number of hydrogen-bond acceptors (Lipinski definition) is 6. The second-order valence-corrected chi connectivity index (χ2v) is 10.8. The maximum Gasteiger partial charge on any atom is 0.267 e. The van der Waals surface area contributed by atoms with Crippen molar-refractivity contribution in [3.63, 3.8) is 0 Å². The summed E-state index contributed by atoms with van der Waals surface area (Å²) < 4.78 is 13.2. The van der Waals surface area contributed by atoms with Crippen LogP contribution in [0.4, 0.5) is 0 Å². The molecular formula is C25H32N2O3S2. The first-order valence-electron chi connectivity index (χ1n) is 11.5. The van der Waals surface area contributed by atoms with E-state index in [4.69, 9.17) is 14.5 Å². The first-order valence-corrected chi connectivity index (χ1v) is 13.3. The minimum Gasteiger partial charge on any atom is -0.497 e. The van der Waals surface area contributed by atoms with Crippen LogP contribution in [0.25, 0.3) is 15.9 Å². The van der Waals surface area contributed by atoms with E-state index in [1.165, 1.54) is 19.3 Å². The number of fused-ring (bicyclic) bond motifs is 3. The second kappa shape index (κ2) is 10.4.